The van der Waals surface area contributed by atoms with Crippen LogP contribution in [-0.4, -0.2) is 44.3 Å². The maximum atomic E-state index is 14.2. The molecule has 42 heavy (non-hydrogen) atoms. The van der Waals surface area contributed by atoms with Crippen LogP contribution >= 0.6 is 0 Å². The first kappa shape index (κ1) is 32.9. The van der Waals surface area contributed by atoms with E-state index < -0.39 is 28.5 Å². The number of nitrogens with zero attached hydrogens (tertiary/aromatic N) is 2. The molecule has 0 fully saturated rings. The Hall–Kier alpha value is -3.65. The molecule has 0 aliphatic rings. The highest BCUT2D eigenvalue weighted by molar-refractivity contribution is 7.92. The fraction of sp³-hybridized carbons (Fsp3) is 0.412. The number of nitrogens with one attached hydrogen (secondary N) is 1. The number of carbonyl (C=O) groups excluding carboxylic acids is 2. The molecule has 0 spiro atoms. The molecule has 0 unspecified atom stereocenters. The smallest absolute Gasteiger partial charge is 0.264 e. The number of carbonyl (C=O) groups is 2. The predicted molar refractivity (Wildman–Crippen MR) is 170 cm³/mol. The van der Waals surface area contributed by atoms with E-state index in [4.69, 9.17) is 0 Å². The molecule has 3 rings (SSSR count). The topological polar surface area (TPSA) is 86.8 Å². The Kier molecular flexibility index (Phi) is 11.3. The minimum Gasteiger partial charge on any atom is -0.354 e. The summed E-state index contributed by atoms with van der Waals surface area (Å²) in [7, 11) is -4.10. The normalized spacial score (nSPS) is 12.3. The van der Waals surface area contributed by atoms with E-state index in [0.29, 0.717) is 18.7 Å². The van der Waals surface area contributed by atoms with E-state index in [1.807, 2.05) is 71.0 Å². The molecule has 2 amide bonds. The SMILES string of the molecule is CC[C@@H](C(=O)NCC(C)C)N(Cc1ccccc1C)C(=O)CN(c1ccc(C(C)C)cc1)S(=O)(=O)c1ccc(C)cc1. The summed E-state index contributed by atoms with van der Waals surface area (Å²) in [5, 5.41) is 2.97. The fourth-order valence-corrected chi connectivity index (χ4v) is 6.12. The van der Waals surface area contributed by atoms with Gasteiger partial charge in [0.15, 0.2) is 0 Å². The van der Waals surface area contributed by atoms with Gasteiger partial charge in [0.25, 0.3) is 10.0 Å². The molecule has 0 aliphatic carbocycles. The van der Waals surface area contributed by atoms with Gasteiger partial charge < -0.3 is 10.2 Å². The highest BCUT2D eigenvalue weighted by Crippen LogP contribution is 2.27. The van der Waals surface area contributed by atoms with Gasteiger partial charge in [-0.05, 0) is 73.1 Å². The number of anilines is 1. The van der Waals surface area contributed by atoms with Gasteiger partial charge in [-0.1, -0.05) is 88.7 Å². The fourth-order valence-electron chi connectivity index (χ4n) is 4.70. The number of benzene rings is 3. The minimum absolute atomic E-state index is 0.0982. The van der Waals surface area contributed by atoms with Gasteiger partial charge in [0.05, 0.1) is 10.6 Å². The lowest BCUT2D eigenvalue weighted by atomic mass is 10.0. The van der Waals surface area contributed by atoms with Crippen LogP contribution in [0.25, 0.3) is 0 Å². The molecular formula is C34H45N3O4S. The van der Waals surface area contributed by atoms with Crippen molar-refractivity contribution >= 4 is 27.5 Å². The molecule has 0 aliphatic heterocycles. The van der Waals surface area contributed by atoms with Gasteiger partial charge in [-0.2, -0.15) is 0 Å². The second-order valence-corrected chi connectivity index (χ2v) is 13.4. The van der Waals surface area contributed by atoms with Crippen LogP contribution in [0.3, 0.4) is 0 Å². The molecular weight excluding hydrogens is 546 g/mol. The van der Waals surface area contributed by atoms with E-state index in [2.05, 4.69) is 19.2 Å². The van der Waals surface area contributed by atoms with Crippen molar-refractivity contribution in [3.8, 4) is 0 Å². The molecule has 7 nitrogen and oxygen atoms in total. The molecule has 0 bridgehead atoms. The van der Waals surface area contributed by atoms with Gasteiger partial charge >= 0.3 is 0 Å². The molecule has 0 heterocycles. The van der Waals surface area contributed by atoms with Crippen LogP contribution in [-0.2, 0) is 26.2 Å². The lowest BCUT2D eigenvalue weighted by Crippen LogP contribution is -2.52. The Morgan fingerprint density at radius 1 is 0.857 bits per heavy atom. The Morgan fingerprint density at radius 3 is 2.02 bits per heavy atom. The first-order chi connectivity index (χ1) is 19.8. The number of amides is 2. The van der Waals surface area contributed by atoms with Crippen molar-refractivity contribution in [3.05, 3.63) is 95.1 Å². The van der Waals surface area contributed by atoms with Gasteiger partial charge in [0.2, 0.25) is 11.8 Å². The molecule has 0 saturated heterocycles. The Labute approximate surface area is 252 Å². The van der Waals surface area contributed by atoms with Crippen molar-refractivity contribution in [2.45, 2.75) is 78.3 Å². The van der Waals surface area contributed by atoms with Crippen molar-refractivity contribution in [1.82, 2.24) is 10.2 Å². The molecule has 0 saturated carbocycles. The Morgan fingerprint density at radius 2 is 1.48 bits per heavy atom. The summed E-state index contributed by atoms with van der Waals surface area (Å²) in [5.74, 6) is -0.186. The van der Waals surface area contributed by atoms with E-state index in [1.54, 1.807) is 36.4 Å². The molecule has 1 N–H and O–H groups in total. The monoisotopic (exact) mass is 591 g/mol. The molecule has 3 aromatic carbocycles. The predicted octanol–water partition coefficient (Wildman–Crippen LogP) is 6.20. The van der Waals surface area contributed by atoms with E-state index in [-0.39, 0.29) is 29.2 Å². The lowest BCUT2D eigenvalue weighted by Gasteiger charge is -2.33. The van der Waals surface area contributed by atoms with Crippen LogP contribution in [0.5, 0.6) is 0 Å². The molecule has 1 atom stereocenters. The largest absolute Gasteiger partial charge is 0.354 e. The molecule has 3 aromatic rings. The van der Waals surface area contributed by atoms with E-state index in [1.165, 1.54) is 4.90 Å². The maximum Gasteiger partial charge on any atom is 0.264 e. The number of hydrogen-bond donors (Lipinski definition) is 1. The minimum atomic E-state index is -4.10. The van der Waals surface area contributed by atoms with Crippen molar-refractivity contribution in [3.63, 3.8) is 0 Å². The van der Waals surface area contributed by atoms with Gasteiger partial charge in [-0.15, -0.1) is 0 Å². The van der Waals surface area contributed by atoms with E-state index in [9.17, 15) is 18.0 Å². The van der Waals surface area contributed by atoms with Crippen LogP contribution in [0.2, 0.25) is 0 Å². The highest BCUT2D eigenvalue weighted by atomic mass is 32.2. The first-order valence-corrected chi connectivity index (χ1v) is 16.1. The third-order valence-corrected chi connectivity index (χ3v) is 9.20. The van der Waals surface area contributed by atoms with E-state index >= 15 is 0 Å². The average molecular weight is 592 g/mol. The van der Waals surface area contributed by atoms with Crippen molar-refractivity contribution in [1.29, 1.82) is 0 Å². The summed E-state index contributed by atoms with van der Waals surface area (Å²) in [6, 6.07) is 20.8. The Bertz CT molecular complexity index is 1450. The summed E-state index contributed by atoms with van der Waals surface area (Å²) in [4.78, 5) is 29.2. The van der Waals surface area contributed by atoms with Crippen molar-refractivity contribution in [2.75, 3.05) is 17.4 Å². The van der Waals surface area contributed by atoms with Gasteiger partial charge in [-0.25, -0.2) is 8.42 Å². The average Bonchev–Trinajstić information content (AvgIpc) is 2.95. The second kappa shape index (κ2) is 14.5. The second-order valence-electron chi connectivity index (χ2n) is 11.6. The molecule has 0 aromatic heterocycles. The summed E-state index contributed by atoms with van der Waals surface area (Å²) in [6.45, 7) is 14.1. The molecule has 8 heteroatoms. The quantitative estimate of drug-likeness (QED) is 0.256. The van der Waals surface area contributed by atoms with Crippen molar-refractivity contribution in [2.24, 2.45) is 5.92 Å². The highest BCUT2D eigenvalue weighted by Gasteiger charge is 2.34. The number of rotatable bonds is 13. The summed E-state index contributed by atoms with van der Waals surface area (Å²) in [6.07, 6.45) is 0.384. The first-order valence-electron chi connectivity index (χ1n) is 14.7. The van der Waals surface area contributed by atoms with Crippen LogP contribution in [0, 0.1) is 19.8 Å². The summed E-state index contributed by atoms with van der Waals surface area (Å²) >= 11 is 0. The van der Waals surface area contributed by atoms with Crippen LogP contribution in [0.15, 0.2) is 77.7 Å². The Balaban J connectivity index is 2.07. The van der Waals surface area contributed by atoms with Gasteiger partial charge in [-0.3, -0.25) is 13.9 Å². The third kappa shape index (κ3) is 8.22. The van der Waals surface area contributed by atoms with E-state index in [0.717, 1.165) is 26.6 Å². The molecule has 0 radical (unpaired) electrons. The zero-order chi connectivity index (χ0) is 31.0. The zero-order valence-electron chi connectivity index (χ0n) is 25.9. The summed E-state index contributed by atoms with van der Waals surface area (Å²) < 4.78 is 29.3. The zero-order valence-corrected chi connectivity index (χ0v) is 26.7. The number of aryl methyl sites for hydroxylation is 2. The van der Waals surface area contributed by atoms with Crippen LogP contribution in [0.1, 0.15) is 69.2 Å². The van der Waals surface area contributed by atoms with Gasteiger partial charge in [0.1, 0.15) is 12.6 Å². The molecule has 226 valence electrons. The van der Waals surface area contributed by atoms with Crippen molar-refractivity contribution < 1.29 is 18.0 Å². The van der Waals surface area contributed by atoms with Crippen LogP contribution in [0.4, 0.5) is 5.69 Å². The number of sulfonamides is 1. The third-order valence-electron chi connectivity index (χ3n) is 7.41. The lowest BCUT2D eigenvalue weighted by molar-refractivity contribution is -0.140. The number of hydrogen-bond acceptors (Lipinski definition) is 4. The summed E-state index contributed by atoms with van der Waals surface area (Å²) in [5.41, 5.74) is 4.27. The van der Waals surface area contributed by atoms with Gasteiger partial charge in [0, 0.05) is 13.1 Å². The van der Waals surface area contributed by atoms with Crippen LogP contribution < -0.4 is 9.62 Å². The maximum absolute atomic E-state index is 14.2. The standard InChI is InChI=1S/C34H45N3O4S/c1-8-32(34(39)35-21-24(2)3)36(22-29-12-10-9-11-27(29)7)33(38)23-37(30-17-15-28(16-18-30)25(4)5)42(40,41)31-19-13-26(6)14-20-31/h9-20,24-25,32H,8,21-23H2,1-7H3,(H,35,39)/t32-/m0/s1.